The van der Waals surface area contributed by atoms with Crippen molar-refractivity contribution in [2.24, 2.45) is 11.7 Å². The van der Waals surface area contributed by atoms with Crippen molar-refractivity contribution in [3.63, 3.8) is 0 Å². The number of nitrogens with two attached hydrogens (primary N) is 1. The van der Waals surface area contributed by atoms with Gasteiger partial charge in [0, 0.05) is 30.7 Å². The Morgan fingerprint density at radius 3 is 2.56 bits per heavy atom. The molecule has 1 aromatic rings. The van der Waals surface area contributed by atoms with E-state index in [-0.39, 0.29) is 12.1 Å². The van der Waals surface area contributed by atoms with Crippen LogP contribution in [0.2, 0.25) is 0 Å². The minimum Gasteiger partial charge on any atom is -0.393 e. The molecule has 3 atom stereocenters. The quantitative estimate of drug-likeness (QED) is 0.859. The van der Waals surface area contributed by atoms with Gasteiger partial charge in [-0.15, -0.1) is 0 Å². The highest BCUT2D eigenvalue weighted by Crippen LogP contribution is 2.27. The minimum atomic E-state index is -0.206. The summed E-state index contributed by atoms with van der Waals surface area (Å²) in [5.41, 5.74) is 8.46. The number of hydrogen-bond donors (Lipinski definition) is 2. The third-order valence-corrected chi connectivity index (χ3v) is 4.03. The molecule has 1 heterocycles. The Hall–Kier alpha value is -1.06. The van der Waals surface area contributed by atoms with Crippen LogP contribution in [0, 0.1) is 5.92 Å². The van der Waals surface area contributed by atoms with Crippen molar-refractivity contribution in [2.45, 2.75) is 38.8 Å². The van der Waals surface area contributed by atoms with E-state index >= 15 is 0 Å². The fourth-order valence-corrected chi connectivity index (χ4v) is 2.58. The average molecular weight is 248 g/mol. The van der Waals surface area contributed by atoms with E-state index < -0.39 is 0 Å². The lowest BCUT2D eigenvalue weighted by Crippen LogP contribution is -2.23. The number of benzene rings is 1. The number of hydrogen-bond acceptors (Lipinski definition) is 3. The lowest BCUT2D eigenvalue weighted by molar-refractivity contribution is 0.136. The Bertz CT molecular complexity index is 375. The highest BCUT2D eigenvalue weighted by molar-refractivity contribution is 5.49. The third-order valence-electron chi connectivity index (χ3n) is 4.03. The summed E-state index contributed by atoms with van der Waals surface area (Å²) in [4.78, 5) is 2.35. The molecule has 0 aliphatic carbocycles. The summed E-state index contributed by atoms with van der Waals surface area (Å²) in [5.74, 6) is 0.405. The molecule has 100 valence electrons. The van der Waals surface area contributed by atoms with Crippen LogP contribution in [0.1, 0.15) is 38.3 Å². The number of aliphatic hydroxyl groups is 1. The van der Waals surface area contributed by atoms with E-state index in [0.717, 1.165) is 25.9 Å². The van der Waals surface area contributed by atoms with Gasteiger partial charge in [-0.05, 0) is 37.5 Å². The first-order chi connectivity index (χ1) is 8.61. The number of anilines is 1. The first-order valence-corrected chi connectivity index (χ1v) is 6.90. The van der Waals surface area contributed by atoms with Gasteiger partial charge in [-0.2, -0.15) is 0 Å². The Labute approximate surface area is 110 Å². The van der Waals surface area contributed by atoms with Gasteiger partial charge in [0.25, 0.3) is 0 Å². The summed E-state index contributed by atoms with van der Waals surface area (Å²) in [6, 6.07) is 8.69. The molecule has 0 aromatic heterocycles. The van der Waals surface area contributed by atoms with Crippen LogP contribution in [0.25, 0.3) is 0 Å². The van der Waals surface area contributed by atoms with Crippen LogP contribution < -0.4 is 10.6 Å². The predicted octanol–water partition coefficient (Wildman–Crippen LogP) is 2.30. The zero-order chi connectivity index (χ0) is 13.1. The van der Waals surface area contributed by atoms with Crippen LogP contribution >= 0.6 is 0 Å². The second kappa shape index (κ2) is 5.72. The van der Waals surface area contributed by atoms with E-state index in [0.29, 0.717) is 5.92 Å². The molecule has 0 spiro atoms. The minimum absolute atomic E-state index is 0.142. The monoisotopic (exact) mass is 248 g/mol. The molecule has 0 bridgehead atoms. The number of aliphatic hydroxyl groups excluding tert-OH is 1. The lowest BCUT2D eigenvalue weighted by Gasteiger charge is -2.20. The molecule has 1 aromatic carbocycles. The zero-order valence-corrected chi connectivity index (χ0v) is 11.3. The second-order valence-electron chi connectivity index (χ2n) is 5.34. The van der Waals surface area contributed by atoms with Gasteiger partial charge in [0.2, 0.25) is 0 Å². The van der Waals surface area contributed by atoms with Crippen LogP contribution in [0.5, 0.6) is 0 Å². The first-order valence-electron chi connectivity index (χ1n) is 6.90. The van der Waals surface area contributed by atoms with Crippen molar-refractivity contribution in [3.8, 4) is 0 Å². The molecule has 1 saturated heterocycles. The molecular weight excluding hydrogens is 224 g/mol. The molecule has 3 N–H and O–H groups in total. The smallest absolute Gasteiger partial charge is 0.0557 e. The molecule has 1 aliphatic heterocycles. The zero-order valence-electron chi connectivity index (χ0n) is 11.3. The van der Waals surface area contributed by atoms with Crippen LogP contribution in [0.15, 0.2) is 24.3 Å². The molecule has 1 aliphatic rings. The number of nitrogens with zero attached hydrogens (tertiary/aromatic N) is 1. The molecule has 0 saturated carbocycles. The molecular formula is C15H24N2O. The van der Waals surface area contributed by atoms with E-state index in [9.17, 15) is 5.11 Å². The Morgan fingerprint density at radius 2 is 2.06 bits per heavy atom. The van der Waals surface area contributed by atoms with Crippen molar-refractivity contribution in [1.82, 2.24) is 0 Å². The van der Waals surface area contributed by atoms with Crippen molar-refractivity contribution < 1.29 is 5.11 Å². The Kier molecular flexibility index (Phi) is 4.25. The van der Waals surface area contributed by atoms with E-state index in [1.807, 2.05) is 6.92 Å². The van der Waals surface area contributed by atoms with Crippen LogP contribution in [-0.2, 0) is 0 Å². The van der Waals surface area contributed by atoms with Gasteiger partial charge in [-0.3, -0.25) is 0 Å². The van der Waals surface area contributed by atoms with Gasteiger partial charge >= 0.3 is 0 Å². The summed E-state index contributed by atoms with van der Waals surface area (Å²) < 4.78 is 0. The van der Waals surface area contributed by atoms with Gasteiger partial charge in [-0.25, -0.2) is 0 Å². The fourth-order valence-electron chi connectivity index (χ4n) is 2.58. The maximum atomic E-state index is 9.62. The summed E-state index contributed by atoms with van der Waals surface area (Å²) in [7, 11) is 0. The van der Waals surface area contributed by atoms with E-state index in [1.54, 1.807) is 0 Å². The van der Waals surface area contributed by atoms with Crippen molar-refractivity contribution >= 4 is 5.69 Å². The van der Waals surface area contributed by atoms with Gasteiger partial charge < -0.3 is 15.7 Å². The lowest BCUT2D eigenvalue weighted by atomic mass is 10.0. The molecule has 3 nitrogen and oxygen atoms in total. The normalized spacial score (nSPS) is 23.1. The first kappa shape index (κ1) is 13.4. The van der Waals surface area contributed by atoms with Gasteiger partial charge in [0.1, 0.15) is 0 Å². The van der Waals surface area contributed by atoms with Crippen LogP contribution in [0.3, 0.4) is 0 Å². The average Bonchev–Trinajstić information content (AvgIpc) is 2.88. The predicted molar refractivity (Wildman–Crippen MR) is 75.7 cm³/mol. The molecule has 3 heteroatoms. The van der Waals surface area contributed by atoms with E-state index in [4.69, 9.17) is 5.73 Å². The van der Waals surface area contributed by atoms with Crippen LogP contribution in [-0.4, -0.2) is 24.3 Å². The van der Waals surface area contributed by atoms with Gasteiger partial charge in [0.15, 0.2) is 0 Å². The van der Waals surface area contributed by atoms with Crippen LogP contribution in [0.4, 0.5) is 5.69 Å². The molecule has 0 amide bonds. The van der Waals surface area contributed by atoms with Crippen molar-refractivity contribution in [3.05, 3.63) is 29.8 Å². The Balaban J connectivity index is 2.02. The molecule has 0 radical (unpaired) electrons. The van der Waals surface area contributed by atoms with Crippen molar-refractivity contribution in [1.29, 1.82) is 0 Å². The summed E-state index contributed by atoms with van der Waals surface area (Å²) in [5, 5.41) is 9.62. The topological polar surface area (TPSA) is 49.5 Å². The highest BCUT2D eigenvalue weighted by atomic mass is 16.3. The van der Waals surface area contributed by atoms with Gasteiger partial charge in [0.05, 0.1) is 6.10 Å². The highest BCUT2D eigenvalue weighted by Gasteiger charge is 2.25. The molecule has 1 fully saturated rings. The van der Waals surface area contributed by atoms with Gasteiger partial charge in [-0.1, -0.05) is 19.1 Å². The van der Waals surface area contributed by atoms with Crippen molar-refractivity contribution in [2.75, 3.05) is 18.0 Å². The third kappa shape index (κ3) is 2.85. The van der Waals surface area contributed by atoms with E-state index in [2.05, 4.69) is 36.1 Å². The maximum absolute atomic E-state index is 9.62. The number of rotatable bonds is 4. The maximum Gasteiger partial charge on any atom is 0.0557 e. The molecule has 2 rings (SSSR count). The molecule has 18 heavy (non-hydrogen) atoms. The second-order valence-corrected chi connectivity index (χ2v) is 5.34. The molecule has 2 unspecified atom stereocenters. The van der Waals surface area contributed by atoms with E-state index in [1.165, 1.54) is 11.3 Å². The fraction of sp³-hybridized carbons (Fsp3) is 0.600. The largest absolute Gasteiger partial charge is 0.393 e. The summed E-state index contributed by atoms with van der Waals surface area (Å²) in [6.07, 6.45) is 1.84. The Morgan fingerprint density at radius 1 is 1.39 bits per heavy atom. The standard InChI is InChI=1S/C15H24N2O/c1-3-15(16)12-4-6-14(7-5-12)17-9-8-13(10-17)11(2)18/h4-7,11,13,15,18H,3,8-10,16H2,1-2H3/t11?,13?,15-/m0/s1. The summed E-state index contributed by atoms with van der Waals surface area (Å²) >= 11 is 0. The summed E-state index contributed by atoms with van der Waals surface area (Å²) in [6.45, 7) is 5.98. The SMILES string of the molecule is CC[C@H](N)c1ccc(N2CCC(C(C)O)C2)cc1.